The van der Waals surface area contributed by atoms with E-state index < -0.39 is 5.54 Å². The topological polar surface area (TPSA) is 74.6 Å². The molecule has 1 aromatic carbocycles. The molecule has 2 saturated heterocycles. The summed E-state index contributed by atoms with van der Waals surface area (Å²) in [6.07, 6.45) is 9.32. The third-order valence-corrected chi connectivity index (χ3v) is 7.00. The van der Waals surface area contributed by atoms with Crippen molar-refractivity contribution in [1.82, 2.24) is 29.5 Å². The number of rotatable bonds is 7. The van der Waals surface area contributed by atoms with E-state index in [0.29, 0.717) is 19.4 Å². The quantitative estimate of drug-likeness (QED) is 0.509. The van der Waals surface area contributed by atoms with Crippen molar-refractivity contribution in [3.63, 3.8) is 0 Å². The minimum Gasteiger partial charge on any atom is -0.309 e. The highest BCUT2D eigenvalue weighted by Gasteiger charge is 2.57. The first-order valence-corrected chi connectivity index (χ1v) is 11.8. The number of hydrogen-bond donors (Lipinski definition) is 0. The summed E-state index contributed by atoms with van der Waals surface area (Å²) in [6, 6.07) is 13.7. The minimum atomic E-state index is -0.778. The van der Waals surface area contributed by atoms with Crippen molar-refractivity contribution in [2.75, 3.05) is 19.6 Å². The molecule has 8 heteroatoms. The molecule has 0 saturated carbocycles. The number of aryl methyl sites for hydroxylation is 1. The number of nitrogens with zero attached hydrogens (tertiary/aromatic N) is 6. The van der Waals surface area contributed by atoms with Gasteiger partial charge in [-0.15, -0.1) is 0 Å². The standard InChI is InChI=1S/C26H30N6O2/c1-29-18-23(17-28-29)19-30-14-10-26(11-15-30)24(33)31(20-22-8-5-12-27-16-22)25(34)32(26)13-9-21-6-3-2-4-7-21/h2-8,12,16-18H,9-11,13-15,19-20H2,1H3. The van der Waals surface area contributed by atoms with Gasteiger partial charge in [0.25, 0.3) is 5.91 Å². The highest BCUT2D eigenvalue weighted by atomic mass is 16.2. The van der Waals surface area contributed by atoms with Crippen LogP contribution in [-0.4, -0.2) is 66.6 Å². The monoisotopic (exact) mass is 458 g/mol. The summed E-state index contributed by atoms with van der Waals surface area (Å²) in [5, 5.41) is 4.26. The van der Waals surface area contributed by atoms with Gasteiger partial charge in [0.05, 0.1) is 12.7 Å². The molecule has 2 aliphatic rings. The molecule has 0 atom stereocenters. The molecular weight excluding hydrogens is 428 g/mol. The number of aromatic nitrogens is 3. The number of carbonyl (C=O) groups is 2. The third-order valence-electron chi connectivity index (χ3n) is 7.00. The molecule has 0 bridgehead atoms. The summed E-state index contributed by atoms with van der Waals surface area (Å²) >= 11 is 0. The average molecular weight is 459 g/mol. The summed E-state index contributed by atoms with van der Waals surface area (Å²) < 4.78 is 1.81. The summed E-state index contributed by atoms with van der Waals surface area (Å²) in [5.74, 6) is -0.0737. The predicted molar refractivity (Wildman–Crippen MR) is 127 cm³/mol. The lowest BCUT2D eigenvalue weighted by atomic mass is 9.85. The van der Waals surface area contributed by atoms with Crippen LogP contribution in [0.2, 0.25) is 0 Å². The second kappa shape index (κ2) is 9.38. The second-order valence-electron chi connectivity index (χ2n) is 9.25. The van der Waals surface area contributed by atoms with E-state index in [1.807, 2.05) is 59.4 Å². The first-order chi connectivity index (χ1) is 16.5. The van der Waals surface area contributed by atoms with Crippen LogP contribution >= 0.6 is 0 Å². The second-order valence-corrected chi connectivity index (χ2v) is 9.25. The lowest BCUT2D eigenvalue weighted by Gasteiger charge is -2.42. The van der Waals surface area contributed by atoms with Crippen molar-refractivity contribution in [3.05, 3.63) is 83.9 Å². The molecule has 0 radical (unpaired) electrons. The Labute approximate surface area is 199 Å². The van der Waals surface area contributed by atoms with Crippen LogP contribution in [0.3, 0.4) is 0 Å². The number of pyridine rings is 1. The molecule has 2 fully saturated rings. The van der Waals surface area contributed by atoms with Gasteiger partial charge in [0.15, 0.2) is 0 Å². The summed E-state index contributed by atoms with van der Waals surface area (Å²) in [5.41, 5.74) is 2.40. The molecule has 1 spiro atoms. The van der Waals surface area contributed by atoms with Gasteiger partial charge in [0.1, 0.15) is 5.54 Å². The van der Waals surface area contributed by atoms with E-state index in [1.54, 1.807) is 12.4 Å². The van der Waals surface area contributed by atoms with E-state index in [4.69, 9.17) is 0 Å². The Balaban J connectivity index is 1.35. The summed E-state index contributed by atoms with van der Waals surface area (Å²) in [4.78, 5) is 37.1. The molecule has 8 nitrogen and oxygen atoms in total. The molecule has 0 unspecified atom stereocenters. The number of carbonyl (C=O) groups excluding carboxylic acids is 2. The van der Waals surface area contributed by atoms with Crippen molar-refractivity contribution in [2.45, 2.75) is 37.9 Å². The van der Waals surface area contributed by atoms with Gasteiger partial charge in [0.2, 0.25) is 0 Å². The van der Waals surface area contributed by atoms with Gasteiger partial charge < -0.3 is 4.90 Å². The lowest BCUT2D eigenvalue weighted by molar-refractivity contribution is -0.136. The van der Waals surface area contributed by atoms with Crippen LogP contribution in [0, 0.1) is 0 Å². The van der Waals surface area contributed by atoms with E-state index >= 15 is 0 Å². The van der Waals surface area contributed by atoms with Crippen LogP contribution in [0.1, 0.15) is 29.5 Å². The SMILES string of the molecule is Cn1cc(CN2CCC3(CC2)C(=O)N(Cc2cccnc2)C(=O)N3CCc2ccccc2)cn1. The zero-order valence-corrected chi connectivity index (χ0v) is 19.5. The Morgan fingerprint density at radius 3 is 2.35 bits per heavy atom. The van der Waals surface area contributed by atoms with Gasteiger partial charge in [0, 0.05) is 57.4 Å². The van der Waals surface area contributed by atoms with Gasteiger partial charge >= 0.3 is 6.03 Å². The van der Waals surface area contributed by atoms with Crippen LogP contribution in [0.25, 0.3) is 0 Å². The fraction of sp³-hybridized carbons (Fsp3) is 0.385. The van der Waals surface area contributed by atoms with E-state index in [2.05, 4.69) is 27.1 Å². The number of amides is 3. The van der Waals surface area contributed by atoms with Gasteiger partial charge in [-0.25, -0.2) is 4.79 Å². The minimum absolute atomic E-state index is 0.0737. The van der Waals surface area contributed by atoms with Gasteiger partial charge in [-0.1, -0.05) is 36.4 Å². The summed E-state index contributed by atoms with van der Waals surface area (Å²) in [7, 11) is 1.92. The Morgan fingerprint density at radius 2 is 1.68 bits per heavy atom. The van der Waals surface area contributed by atoms with Crippen molar-refractivity contribution in [2.24, 2.45) is 7.05 Å². The van der Waals surface area contributed by atoms with E-state index in [9.17, 15) is 9.59 Å². The first kappa shape index (κ1) is 22.3. The molecule has 4 heterocycles. The molecule has 2 aromatic heterocycles. The maximum atomic E-state index is 13.8. The number of imide groups is 1. The zero-order chi connectivity index (χ0) is 23.5. The lowest BCUT2D eigenvalue weighted by Crippen LogP contribution is -2.56. The highest BCUT2D eigenvalue weighted by molar-refractivity contribution is 6.07. The van der Waals surface area contributed by atoms with E-state index in [0.717, 1.165) is 42.7 Å². The maximum absolute atomic E-state index is 13.8. The van der Waals surface area contributed by atoms with E-state index in [-0.39, 0.29) is 18.5 Å². The number of benzene rings is 1. The third kappa shape index (κ3) is 4.33. The fourth-order valence-electron chi connectivity index (χ4n) is 5.17. The number of likely N-dealkylation sites (tertiary alicyclic amines) is 1. The number of hydrogen-bond acceptors (Lipinski definition) is 5. The van der Waals surface area contributed by atoms with Crippen LogP contribution in [0.4, 0.5) is 4.79 Å². The molecule has 34 heavy (non-hydrogen) atoms. The normalized spacial score (nSPS) is 18.3. The van der Waals surface area contributed by atoms with Crippen molar-refractivity contribution in [3.8, 4) is 0 Å². The highest BCUT2D eigenvalue weighted by Crippen LogP contribution is 2.38. The maximum Gasteiger partial charge on any atom is 0.328 e. The zero-order valence-electron chi connectivity index (χ0n) is 19.5. The molecular formula is C26H30N6O2. The number of urea groups is 1. The molecule has 0 aliphatic carbocycles. The smallest absolute Gasteiger partial charge is 0.309 e. The Hall–Kier alpha value is -3.52. The van der Waals surface area contributed by atoms with Crippen LogP contribution in [0.15, 0.2) is 67.3 Å². The predicted octanol–water partition coefficient (Wildman–Crippen LogP) is 2.86. The van der Waals surface area contributed by atoms with Gasteiger partial charge in [-0.3, -0.25) is 24.3 Å². The Kier molecular flexibility index (Phi) is 6.15. The summed E-state index contributed by atoms with van der Waals surface area (Å²) in [6.45, 7) is 3.11. The molecule has 3 aromatic rings. The fourth-order valence-corrected chi connectivity index (χ4v) is 5.17. The molecule has 3 amide bonds. The molecule has 176 valence electrons. The average Bonchev–Trinajstić information content (AvgIpc) is 3.35. The molecule has 5 rings (SSSR count). The first-order valence-electron chi connectivity index (χ1n) is 11.8. The Morgan fingerprint density at radius 1 is 0.912 bits per heavy atom. The van der Waals surface area contributed by atoms with Crippen LogP contribution in [0.5, 0.6) is 0 Å². The largest absolute Gasteiger partial charge is 0.328 e. The van der Waals surface area contributed by atoms with Crippen LogP contribution < -0.4 is 0 Å². The van der Waals surface area contributed by atoms with Crippen molar-refractivity contribution in [1.29, 1.82) is 0 Å². The van der Waals surface area contributed by atoms with Crippen molar-refractivity contribution >= 4 is 11.9 Å². The van der Waals surface area contributed by atoms with Gasteiger partial charge in [-0.2, -0.15) is 5.10 Å². The Bertz CT molecular complexity index is 1140. The van der Waals surface area contributed by atoms with Crippen LogP contribution in [-0.2, 0) is 31.4 Å². The van der Waals surface area contributed by atoms with Gasteiger partial charge in [-0.05, 0) is 36.5 Å². The molecule has 0 N–H and O–H groups in total. The molecule has 2 aliphatic heterocycles. The number of piperidine rings is 1. The van der Waals surface area contributed by atoms with E-state index in [1.165, 1.54) is 4.90 Å². The van der Waals surface area contributed by atoms with Crippen molar-refractivity contribution < 1.29 is 9.59 Å².